The Labute approximate surface area is 63.4 Å². The van der Waals surface area contributed by atoms with Crippen LogP contribution in [0.2, 0.25) is 0 Å². The van der Waals surface area contributed by atoms with E-state index in [-0.39, 0.29) is 0 Å². The Hall–Kier alpha value is -0.0800. The van der Waals surface area contributed by atoms with Crippen LogP contribution in [0, 0.1) is 5.92 Å². The molecule has 0 spiro atoms. The second kappa shape index (κ2) is 3.94. The zero-order valence-corrected chi connectivity index (χ0v) is 6.77. The number of nitrogens with one attached hydrogen (secondary N) is 1. The first-order chi connectivity index (χ1) is 4.83. The summed E-state index contributed by atoms with van der Waals surface area (Å²) in [5.41, 5.74) is 7.05. The summed E-state index contributed by atoms with van der Waals surface area (Å²) in [6.45, 7) is 6.30. The molecule has 0 aromatic heterocycles. The van der Waals surface area contributed by atoms with Crippen molar-refractivity contribution < 1.29 is 0 Å². The van der Waals surface area contributed by atoms with Gasteiger partial charge in [0.25, 0.3) is 0 Å². The summed E-state index contributed by atoms with van der Waals surface area (Å²) >= 11 is 0. The predicted octanol–water partition coefficient (Wildman–Crippen LogP) is 1.00. The molecule has 0 bridgehead atoms. The van der Waals surface area contributed by atoms with Crippen molar-refractivity contribution in [3.05, 3.63) is 0 Å². The smallest absolute Gasteiger partial charge is 0.0228 e. The van der Waals surface area contributed by atoms with Crippen molar-refractivity contribution in [2.75, 3.05) is 26.2 Å². The molecule has 59 valence electrons. The predicted molar refractivity (Wildman–Crippen MR) is 42.8 cm³/mol. The summed E-state index contributed by atoms with van der Waals surface area (Å²) < 4.78 is 0. The number of hydrogen-bond donors (Lipinski definition) is 0. The van der Waals surface area contributed by atoms with E-state index in [0.717, 1.165) is 12.5 Å². The van der Waals surface area contributed by atoms with E-state index < -0.39 is 0 Å². The topological polar surface area (TPSA) is 27.0 Å². The summed E-state index contributed by atoms with van der Waals surface area (Å²) in [5.74, 6) is 0.919. The second-order valence-corrected chi connectivity index (χ2v) is 3.27. The molecule has 0 aromatic carbocycles. The molecule has 0 atom stereocenters. The van der Waals surface area contributed by atoms with E-state index in [1.54, 1.807) is 0 Å². The van der Waals surface area contributed by atoms with Crippen LogP contribution in [0.3, 0.4) is 0 Å². The zero-order valence-electron chi connectivity index (χ0n) is 6.77. The maximum atomic E-state index is 7.05. The normalized spacial score (nSPS) is 23.4. The van der Waals surface area contributed by atoms with E-state index in [1.165, 1.54) is 25.9 Å². The largest absolute Gasteiger partial charge is 0.302 e. The Morgan fingerprint density at radius 3 is 2.50 bits per heavy atom. The molecule has 2 nitrogen and oxygen atoms in total. The molecule has 1 aliphatic heterocycles. The summed E-state index contributed by atoms with van der Waals surface area (Å²) in [6.07, 6.45) is 2.67. The highest BCUT2D eigenvalue weighted by Crippen LogP contribution is 2.14. The van der Waals surface area contributed by atoms with Crippen LogP contribution in [0.1, 0.15) is 19.8 Å². The van der Waals surface area contributed by atoms with Crippen LogP contribution >= 0.6 is 0 Å². The molecular weight excluding hydrogens is 124 g/mol. The van der Waals surface area contributed by atoms with E-state index in [4.69, 9.17) is 5.73 Å². The number of nitrogens with zero attached hydrogens (tertiary/aromatic N) is 1. The molecule has 1 saturated heterocycles. The summed E-state index contributed by atoms with van der Waals surface area (Å²) in [7, 11) is 0. The number of piperidine rings is 1. The standard InChI is InChI=1S/C8H17N2/c1-8-2-5-10(6-3-8)7-4-9/h8-9H,2-7H2,1H3. The number of hydrogen-bond acceptors (Lipinski definition) is 1. The minimum Gasteiger partial charge on any atom is -0.302 e. The van der Waals surface area contributed by atoms with Crippen molar-refractivity contribution >= 4 is 0 Å². The van der Waals surface area contributed by atoms with Crippen LogP contribution in [0.25, 0.3) is 0 Å². The van der Waals surface area contributed by atoms with Crippen molar-refractivity contribution in [2.45, 2.75) is 19.8 Å². The van der Waals surface area contributed by atoms with Crippen molar-refractivity contribution in [3.8, 4) is 0 Å². The molecule has 2 heteroatoms. The maximum absolute atomic E-state index is 7.05. The molecule has 0 unspecified atom stereocenters. The van der Waals surface area contributed by atoms with Gasteiger partial charge in [0.15, 0.2) is 0 Å². The molecule has 0 saturated carbocycles. The van der Waals surface area contributed by atoms with Crippen LogP contribution in [0.4, 0.5) is 0 Å². The lowest BCUT2D eigenvalue weighted by molar-refractivity contribution is 0.196. The fraction of sp³-hybridized carbons (Fsp3) is 1.00. The van der Waals surface area contributed by atoms with Gasteiger partial charge in [0.1, 0.15) is 0 Å². The average molecular weight is 141 g/mol. The van der Waals surface area contributed by atoms with E-state index in [2.05, 4.69) is 11.8 Å². The molecule has 0 aliphatic carbocycles. The first kappa shape index (κ1) is 8.02. The molecule has 1 aliphatic rings. The number of rotatable bonds is 2. The quantitative estimate of drug-likeness (QED) is 0.563. The van der Waals surface area contributed by atoms with Crippen molar-refractivity contribution in [3.63, 3.8) is 0 Å². The molecule has 1 N–H and O–H groups in total. The van der Waals surface area contributed by atoms with Gasteiger partial charge in [-0.15, -0.1) is 0 Å². The van der Waals surface area contributed by atoms with Crippen LogP contribution < -0.4 is 5.73 Å². The van der Waals surface area contributed by atoms with Crippen LogP contribution in [-0.4, -0.2) is 31.1 Å². The fourth-order valence-corrected chi connectivity index (χ4v) is 1.44. The lowest BCUT2D eigenvalue weighted by atomic mass is 9.99. The van der Waals surface area contributed by atoms with Gasteiger partial charge in [-0.3, -0.25) is 5.73 Å². The third-order valence-electron chi connectivity index (χ3n) is 2.30. The molecule has 0 aromatic rings. The first-order valence-electron chi connectivity index (χ1n) is 4.20. The molecule has 0 amide bonds. The van der Waals surface area contributed by atoms with Crippen LogP contribution in [-0.2, 0) is 0 Å². The van der Waals surface area contributed by atoms with Gasteiger partial charge in [-0.2, -0.15) is 0 Å². The molecule has 1 rings (SSSR count). The van der Waals surface area contributed by atoms with E-state index in [9.17, 15) is 0 Å². The Kier molecular flexibility index (Phi) is 3.16. The van der Waals surface area contributed by atoms with Gasteiger partial charge in [0, 0.05) is 13.1 Å². The Morgan fingerprint density at radius 2 is 2.00 bits per heavy atom. The van der Waals surface area contributed by atoms with Crippen LogP contribution in [0.15, 0.2) is 0 Å². The SMILES string of the molecule is CC1CCN(CC[NH])CC1. The first-order valence-corrected chi connectivity index (χ1v) is 4.20. The average Bonchev–Trinajstić information content (AvgIpc) is 1.95. The second-order valence-electron chi connectivity index (χ2n) is 3.27. The van der Waals surface area contributed by atoms with Gasteiger partial charge in [-0.1, -0.05) is 6.92 Å². The minimum absolute atomic E-state index is 0.564. The lowest BCUT2D eigenvalue weighted by Gasteiger charge is -2.29. The maximum Gasteiger partial charge on any atom is 0.0228 e. The monoisotopic (exact) mass is 141 g/mol. The summed E-state index contributed by atoms with van der Waals surface area (Å²) in [4.78, 5) is 2.40. The molecule has 1 radical (unpaired) electrons. The number of likely N-dealkylation sites (tertiary alicyclic amines) is 1. The van der Waals surface area contributed by atoms with Crippen molar-refractivity contribution in [1.29, 1.82) is 0 Å². The third-order valence-corrected chi connectivity index (χ3v) is 2.30. The summed E-state index contributed by atoms with van der Waals surface area (Å²) in [6, 6.07) is 0. The highest BCUT2D eigenvalue weighted by molar-refractivity contribution is 4.68. The Balaban J connectivity index is 2.13. The molecule has 1 heterocycles. The molecule has 10 heavy (non-hydrogen) atoms. The van der Waals surface area contributed by atoms with Crippen molar-refractivity contribution in [2.24, 2.45) is 5.92 Å². The Bertz CT molecular complexity index is 85.3. The molecule has 1 fully saturated rings. The highest BCUT2D eigenvalue weighted by atomic mass is 15.1. The third kappa shape index (κ3) is 2.27. The van der Waals surface area contributed by atoms with Gasteiger partial charge in [0.05, 0.1) is 0 Å². The van der Waals surface area contributed by atoms with Gasteiger partial charge in [-0.25, -0.2) is 0 Å². The minimum atomic E-state index is 0.564. The fourth-order valence-electron chi connectivity index (χ4n) is 1.44. The zero-order chi connectivity index (χ0) is 7.40. The van der Waals surface area contributed by atoms with E-state index >= 15 is 0 Å². The molecular formula is C8H17N2. The lowest BCUT2D eigenvalue weighted by Crippen LogP contribution is -2.35. The summed E-state index contributed by atoms with van der Waals surface area (Å²) in [5, 5.41) is 0. The van der Waals surface area contributed by atoms with Crippen LogP contribution in [0.5, 0.6) is 0 Å². The van der Waals surface area contributed by atoms with E-state index in [1.807, 2.05) is 0 Å². The highest BCUT2D eigenvalue weighted by Gasteiger charge is 2.13. The Morgan fingerprint density at radius 1 is 1.40 bits per heavy atom. The van der Waals surface area contributed by atoms with Gasteiger partial charge in [-0.05, 0) is 31.8 Å². The van der Waals surface area contributed by atoms with E-state index in [0.29, 0.717) is 6.54 Å². The van der Waals surface area contributed by atoms with Gasteiger partial charge >= 0.3 is 0 Å². The van der Waals surface area contributed by atoms with Crippen molar-refractivity contribution in [1.82, 2.24) is 10.6 Å². The van der Waals surface area contributed by atoms with Gasteiger partial charge in [0.2, 0.25) is 0 Å². The van der Waals surface area contributed by atoms with Gasteiger partial charge < -0.3 is 4.90 Å².